The Hall–Kier alpha value is -2.57. The molecule has 0 N–H and O–H groups in total. The molecule has 0 saturated heterocycles. The Morgan fingerprint density at radius 2 is 1.89 bits per heavy atom. The monoisotopic (exact) mass is 437 g/mol. The van der Waals surface area contributed by atoms with E-state index in [-0.39, 0.29) is 5.91 Å². The number of nitrogens with zero attached hydrogens (tertiary/aromatic N) is 3. The summed E-state index contributed by atoms with van der Waals surface area (Å²) in [6, 6.07) is 19.2. The molecule has 2 aromatic carbocycles. The number of hydrogen-bond donors (Lipinski definition) is 0. The van der Waals surface area contributed by atoms with Gasteiger partial charge in [-0.25, -0.2) is 4.98 Å². The van der Waals surface area contributed by atoms with Gasteiger partial charge in [0, 0.05) is 16.2 Å². The van der Waals surface area contributed by atoms with Crippen LogP contribution < -0.4 is 4.90 Å². The highest BCUT2D eigenvalue weighted by atomic mass is 79.9. The molecule has 0 atom stereocenters. The molecule has 27 heavy (non-hydrogen) atoms. The smallest absolute Gasteiger partial charge is 0.260 e. The zero-order chi connectivity index (χ0) is 18.8. The summed E-state index contributed by atoms with van der Waals surface area (Å²) < 4.78 is 2.01. The summed E-state index contributed by atoms with van der Waals surface area (Å²) >= 11 is 4.94. The number of aryl methyl sites for hydroxylation is 1. The summed E-state index contributed by atoms with van der Waals surface area (Å²) in [7, 11) is 0. The lowest BCUT2D eigenvalue weighted by molar-refractivity contribution is 0.0985. The second-order valence-corrected chi connectivity index (χ2v) is 8.06. The number of thiazole rings is 1. The number of rotatable bonds is 4. The van der Waals surface area contributed by atoms with Crippen LogP contribution in [-0.4, -0.2) is 15.9 Å². The van der Waals surface area contributed by atoms with E-state index in [1.807, 2.05) is 67.6 Å². The van der Waals surface area contributed by atoms with Crippen molar-refractivity contribution in [1.82, 2.24) is 9.97 Å². The van der Waals surface area contributed by atoms with Gasteiger partial charge in [0.25, 0.3) is 5.91 Å². The maximum atomic E-state index is 13.3. The second-order valence-electron chi connectivity index (χ2n) is 6.14. The minimum absolute atomic E-state index is 0.0927. The van der Waals surface area contributed by atoms with E-state index in [1.54, 1.807) is 11.1 Å². The second kappa shape index (κ2) is 7.58. The highest BCUT2D eigenvalue weighted by Crippen LogP contribution is 2.32. The van der Waals surface area contributed by atoms with Crippen LogP contribution in [0.25, 0.3) is 10.2 Å². The number of carbonyl (C=O) groups excluding carboxylic acids is 1. The molecule has 0 aliphatic heterocycles. The van der Waals surface area contributed by atoms with Crippen molar-refractivity contribution >= 4 is 48.5 Å². The summed E-state index contributed by atoms with van der Waals surface area (Å²) in [5.41, 5.74) is 3.47. The number of halogens is 1. The third-order valence-corrected chi connectivity index (χ3v) is 5.80. The molecule has 0 aliphatic carbocycles. The first kappa shape index (κ1) is 17.8. The lowest BCUT2D eigenvalue weighted by atomic mass is 10.2. The molecule has 4 aromatic rings. The average Bonchev–Trinajstić information content (AvgIpc) is 3.12. The zero-order valence-corrected chi connectivity index (χ0v) is 17.0. The maximum Gasteiger partial charge on any atom is 0.260 e. The molecule has 0 unspecified atom stereocenters. The van der Waals surface area contributed by atoms with Crippen LogP contribution in [0.4, 0.5) is 5.13 Å². The van der Waals surface area contributed by atoms with Crippen molar-refractivity contribution < 1.29 is 4.79 Å². The Kier molecular flexibility index (Phi) is 5.01. The molecule has 2 aromatic heterocycles. The summed E-state index contributed by atoms with van der Waals surface area (Å²) in [5.74, 6) is -0.0927. The molecule has 134 valence electrons. The molecule has 1 amide bonds. The summed E-state index contributed by atoms with van der Waals surface area (Å²) in [4.78, 5) is 24.1. The van der Waals surface area contributed by atoms with Gasteiger partial charge in [-0.15, -0.1) is 0 Å². The number of anilines is 1. The number of benzene rings is 2. The summed E-state index contributed by atoms with van der Waals surface area (Å²) in [5, 5.41) is 0.679. The third kappa shape index (κ3) is 3.77. The highest BCUT2D eigenvalue weighted by Gasteiger charge is 2.22. The van der Waals surface area contributed by atoms with E-state index in [2.05, 4.69) is 20.9 Å². The molecule has 0 spiro atoms. The maximum absolute atomic E-state index is 13.3. The highest BCUT2D eigenvalue weighted by molar-refractivity contribution is 9.10. The van der Waals surface area contributed by atoms with Crippen LogP contribution in [0.3, 0.4) is 0 Å². The largest absolute Gasteiger partial charge is 0.278 e. The Morgan fingerprint density at radius 3 is 2.59 bits per heavy atom. The van der Waals surface area contributed by atoms with E-state index in [9.17, 15) is 4.79 Å². The van der Waals surface area contributed by atoms with Gasteiger partial charge in [0.15, 0.2) is 5.13 Å². The van der Waals surface area contributed by atoms with Gasteiger partial charge in [-0.3, -0.25) is 14.7 Å². The standard InChI is InChI=1S/C21H16BrN3OS/c1-14-5-4-7-18-19(14)24-21(27-18)25(13-17-6-2-3-12-23-17)20(26)15-8-10-16(22)11-9-15/h2-12H,13H2,1H3. The van der Waals surface area contributed by atoms with Crippen molar-refractivity contribution in [2.24, 2.45) is 0 Å². The van der Waals surface area contributed by atoms with E-state index in [1.165, 1.54) is 11.3 Å². The van der Waals surface area contributed by atoms with Gasteiger partial charge in [-0.05, 0) is 55.0 Å². The fourth-order valence-electron chi connectivity index (χ4n) is 2.82. The molecule has 0 saturated carbocycles. The van der Waals surface area contributed by atoms with Crippen LogP contribution in [0.15, 0.2) is 71.3 Å². The fraction of sp³-hybridized carbons (Fsp3) is 0.0952. The van der Waals surface area contributed by atoms with Gasteiger partial charge in [0.2, 0.25) is 0 Å². The molecule has 4 rings (SSSR count). The summed E-state index contributed by atoms with van der Waals surface area (Å²) in [6.45, 7) is 2.40. The Morgan fingerprint density at radius 1 is 1.07 bits per heavy atom. The lowest BCUT2D eigenvalue weighted by Gasteiger charge is -2.19. The Balaban J connectivity index is 1.78. The summed E-state index contributed by atoms with van der Waals surface area (Å²) in [6.07, 6.45) is 1.74. The van der Waals surface area contributed by atoms with Crippen molar-refractivity contribution in [3.05, 3.63) is 88.2 Å². The van der Waals surface area contributed by atoms with Gasteiger partial charge in [-0.2, -0.15) is 0 Å². The molecular formula is C21H16BrN3OS. The minimum atomic E-state index is -0.0927. The van der Waals surface area contributed by atoms with Crippen LogP contribution in [0.1, 0.15) is 21.6 Å². The predicted molar refractivity (Wildman–Crippen MR) is 113 cm³/mol. The Bertz CT molecular complexity index is 1090. The van der Waals surface area contributed by atoms with Crippen molar-refractivity contribution in [2.75, 3.05) is 4.90 Å². The van der Waals surface area contributed by atoms with E-state index in [4.69, 9.17) is 4.98 Å². The van der Waals surface area contributed by atoms with Crippen LogP contribution >= 0.6 is 27.3 Å². The van der Waals surface area contributed by atoms with E-state index in [0.29, 0.717) is 17.2 Å². The van der Waals surface area contributed by atoms with Crippen molar-refractivity contribution in [3.8, 4) is 0 Å². The molecule has 0 aliphatic rings. The lowest BCUT2D eigenvalue weighted by Crippen LogP contribution is -2.30. The van der Waals surface area contributed by atoms with Gasteiger partial charge >= 0.3 is 0 Å². The Labute approximate surface area is 169 Å². The number of para-hydroxylation sites is 1. The topological polar surface area (TPSA) is 46.1 Å². The van der Waals surface area contributed by atoms with Crippen molar-refractivity contribution in [3.63, 3.8) is 0 Å². The zero-order valence-electron chi connectivity index (χ0n) is 14.6. The molecular weight excluding hydrogens is 422 g/mol. The molecule has 2 heterocycles. The number of aromatic nitrogens is 2. The van der Waals surface area contributed by atoms with Crippen LogP contribution in [0.2, 0.25) is 0 Å². The number of fused-ring (bicyclic) bond motifs is 1. The third-order valence-electron chi connectivity index (χ3n) is 4.22. The number of pyridine rings is 1. The van der Waals surface area contributed by atoms with Gasteiger partial charge in [0.1, 0.15) is 0 Å². The van der Waals surface area contributed by atoms with Gasteiger partial charge in [0.05, 0.1) is 22.5 Å². The van der Waals surface area contributed by atoms with Gasteiger partial charge in [-0.1, -0.05) is 45.5 Å². The average molecular weight is 438 g/mol. The van der Waals surface area contributed by atoms with E-state index >= 15 is 0 Å². The first-order valence-electron chi connectivity index (χ1n) is 8.45. The molecule has 6 heteroatoms. The molecule has 0 radical (unpaired) electrons. The number of amides is 1. The number of carbonyl (C=O) groups is 1. The normalized spacial score (nSPS) is 10.9. The fourth-order valence-corrected chi connectivity index (χ4v) is 4.12. The van der Waals surface area contributed by atoms with Crippen LogP contribution in [-0.2, 0) is 6.54 Å². The first-order chi connectivity index (χ1) is 13.1. The quantitative estimate of drug-likeness (QED) is 0.416. The van der Waals surface area contributed by atoms with E-state index < -0.39 is 0 Å². The van der Waals surface area contributed by atoms with Crippen molar-refractivity contribution in [1.29, 1.82) is 0 Å². The van der Waals surface area contributed by atoms with E-state index in [0.717, 1.165) is 25.9 Å². The SMILES string of the molecule is Cc1cccc2sc(N(Cc3ccccn3)C(=O)c3ccc(Br)cc3)nc12. The van der Waals surface area contributed by atoms with Crippen LogP contribution in [0.5, 0.6) is 0 Å². The molecule has 4 nitrogen and oxygen atoms in total. The predicted octanol–water partition coefficient (Wildman–Crippen LogP) is 5.61. The van der Waals surface area contributed by atoms with Crippen molar-refractivity contribution in [2.45, 2.75) is 13.5 Å². The van der Waals surface area contributed by atoms with Gasteiger partial charge < -0.3 is 0 Å². The number of hydrogen-bond acceptors (Lipinski definition) is 4. The first-order valence-corrected chi connectivity index (χ1v) is 10.1. The molecule has 0 fully saturated rings. The minimum Gasteiger partial charge on any atom is -0.278 e. The molecule has 0 bridgehead atoms. The van der Waals surface area contributed by atoms with Crippen LogP contribution in [0, 0.1) is 6.92 Å².